The molecule has 96 valence electrons. The van der Waals surface area contributed by atoms with E-state index in [-0.39, 0.29) is 23.2 Å². The Hall–Kier alpha value is -0.870. The number of hydrogen-bond donors (Lipinski definition) is 0. The SMILES string of the molecule is C[C@@H]1[C@@H]2C[C@@H]([C@H]3O[C@@H]23)[C@H]1S(=O)(=O)c1ccccc1. The van der Waals surface area contributed by atoms with Gasteiger partial charge in [-0.15, -0.1) is 0 Å². The minimum absolute atomic E-state index is 0.222. The van der Waals surface area contributed by atoms with Crippen LogP contribution in [-0.2, 0) is 14.6 Å². The lowest BCUT2D eigenvalue weighted by molar-refractivity contribution is 0.254. The first-order chi connectivity index (χ1) is 8.60. The van der Waals surface area contributed by atoms with Crippen LogP contribution in [0.15, 0.2) is 35.2 Å². The van der Waals surface area contributed by atoms with Gasteiger partial charge in [-0.25, -0.2) is 8.42 Å². The van der Waals surface area contributed by atoms with E-state index in [1.165, 1.54) is 0 Å². The fraction of sp³-hybridized carbons (Fsp3) is 0.571. The molecule has 2 aliphatic carbocycles. The molecule has 1 aromatic rings. The van der Waals surface area contributed by atoms with Crippen molar-refractivity contribution in [1.29, 1.82) is 0 Å². The second-order valence-corrected chi connectivity index (χ2v) is 7.92. The van der Waals surface area contributed by atoms with Gasteiger partial charge in [0, 0.05) is 5.92 Å². The van der Waals surface area contributed by atoms with Crippen LogP contribution in [0, 0.1) is 17.8 Å². The van der Waals surface area contributed by atoms with Crippen molar-refractivity contribution in [3.63, 3.8) is 0 Å². The molecule has 0 radical (unpaired) electrons. The Labute approximate surface area is 107 Å². The molecule has 3 nitrogen and oxygen atoms in total. The molecule has 1 heterocycles. The van der Waals surface area contributed by atoms with Gasteiger partial charge in [0.05, 0.1) is 22.4 Å². The van der Waals surface area contributed by atoms with E-state index < -0.39 is 9.84 Å². The van der Waals surface area contributed by atoms with Crippen LogP contribution < -0.4 is 0 Å². The standard InChI is InChI=1S/C14H16O3S/c1-8-10-7-11(13-12(10)17-13)14(8)18(15,16)9-5-3-2-4-6-9/h2-6,8,10-14H,7H2,1H3/t8-,10+,11+,12+,13-,14+/m1/s1. The molecule has 6 atom stereocenters. The highest BCUT2D eigenvalue weighted by atomic mass is 32.2. The summed E-state index contributed by atoms with van der Waals surface area (Å²) in [5, 5.41) is -0.242. The van der Waals surface area contributed by atoms with E-state index in [4.69, 9.17) is 4.74 Å². The minimum atomic E-state index is -3.20. The summed E-state index contributed by atoms with van der Waals surface area (Å²) in [5.74, 6) is 0.910. The van der Waals surface area contributed by atoms with Crippen molar-refractivity contribution >= 4 is 9.84 Å². The molecule has 1 aromatic carbocycles. The van der Waals surface area contributed by atoms with Gasteiger partial charge in [0.2, 0.25) is 0 Å². The third-order valence-electron chi connectivity index (χ3n) is 5.00. The van der Waals surface area contributed by atoms with Crippen LogP contribution in [0.5, 0.6) is 0 Å². The Bertz CT molecular complexity index is 580. The summed E-state index contributed by atoms with van der Waals surface area (Å²) in [7, 11) is -3.20. The van der Waals surface area contributed by atoms with Gasteiger partial charge in [-0.2, -0.15) is 0 Å². The Morgan fingerprint density at radius 3 is 2.44 bits per heavy atom. The molecule has 3 aliphatic rings. The van der Waals surface area contributed by atoms with Crippen molar-refractivity contribution in [3.8, 4) is 0 Å². The van der Waals surface area contributed by atoms with Crippen LogP contribution >= 0.6 is 0 Å². The fourth-order valence-corrected chi connectivity index (χ4v) is 6.50. The van der Waals surface area contributed by atoms with Gasteiger partial charge in [0.25, 0.3) is 0 Å². The molecular weight excluding hydrogens is 248 g/mol. The van der Waals surface area contributed by atoms with Gasteiger partial charge in [-0.3, -0.25) is 0 Å². The van der Waals surface area contributed by atoms with Crippen LogP contribution in [0.2, 0.25) is 0 Å². The zero-order chi connectivity index (χ0) is 12.5. The lowest BCUT2D eigenvalue weighted by atomic mass is 9.90. The summed E-state index contributed by atoms with van der Waals surface area (Å²) in [6, 6.07) is 8.85. The number of epoxide rings is 1. The van der Waals surface area contributed by atoms with Crippen LogP contribution in [0.4, 0.5) is 0 Å². The Morgan fingerprint density at radius 1 is 1.11 bits per heavy atom. The monoisotopic (exact) mass is 264 g/mol. The maximum atomic E-state index is 12.7. The summed E-state index contributed by atoms with van der Waals surface area (Å²) in [6.45, 7) is 2.08. The number of sulfone groups is 1. The van der Waals surface area contributed by atoms with Gasteiger partial charge >= 0.3 is 0 Å². The topological polar surface area (TPSA) is 46.7 Å². The quantitative estimate of drug-likeness (QED) is 0.766. The summed E-state index contributed by atoms with van der Waals surface area (Å²) >= 11 is 0. The van der Waals surface area contributed by atoms with Gasteiger partial charge < -0.3 is 4.74 Å². The van der Waals surface area contributed by atoms with Gasteiger partial charge in [-0.1, -0.05) is 25.1 Å². The molecule has 0 amide bonds. The maximum Gasteiger partial charge on any atom is 0.181 e. The fourth-order valence-electron chi connectivity index (χ4n) is 4.16. The van der Waals surface area contributed by atoms with Crippen molar-refractivity contribution < 1.29 is 13.2 Å². The highest BCUT2D eigenvalue weighted by molar-refractivity contribution is 7.92. The average molecular weight is 264 g/mol. The van der Waals surface area contributed by atoms with Crippen molar-refractivity contribution in [1.82, 2.24) is 0 Å². The zero-order valence-electron chi connectivity index (χ0n) is 10.2. The van der Waals surface area contributed by atoms with E-state index >= 15 is 0 Å². The van der Waals surface area contributed by atoms with Crippen LogP contribution in [-0.4, -0.2) is 25.9 Å². The van der Waals surface area contributed by atoms with Crippen LogP contribution in [0.3, 0.4) is 0 Å². The third-order valence-corrected chi connectivity index (χ3v) is 7.42. The van der Waals surface area contributed by atoms with Crippen molar-refractivity contribution in [2.45, 2.75) is 35.7 Å². The number of rotatable bonds is 2. The summed E-state index contributed by atoms with van der Waals surface area (Å²) in [4.78, 5) is 0.464. The van der Waals surface area contributed by atoms with E-state index in [1.54, 1.807) is 24.3 Å². The Kier molecular flexibility index (Phi) is 2.06. The zero-order valence-corrected chi connectivity index (χ0v) is 11.0. The number of fused-ring (bicyclic) bond motifs is 5. The van der Waals surface area contributed by atoms with Crippen LogP contribution in [0.1, 0.15) is 13.3 Å². The van der Waals surface area contributed by atoms with Crippen molar-refractivity contribution in [2.24, 2.45) is 17.8 Å². The average Bonchev–Trinajstić information content (AvgIpc) is 3.00. The third kappa shape index (κ3) is 1.25. The predicted molar refractivity (Wildman–Crippen MR) is 66.8 cm³/mol. The molecule has 4 heteroatoms. The smallest absolute Gasteiger partial charge is 0.181 e. The van der Waals surface area contributed by atoms with E-state index in [0.717, 1.165) is 6.42 Å². The first kappa shape index (κ1) is 11.0. The number of benzene rings is 1. The summed E-state index contributed by atoms with van der Waals surface area (Å²) < 4.78 is 31.1. The molecular formula is C14H16O3S. The minimum Gasteiger partial charge on any atom is -0.369 e. The molecule has 4 rings (SSSR count). The predicted octanol–water partition coefficient (Wildman–Crippen LogP) is 1.88. The van der Waals surface area contributed by atoms with Crippen molar-refractivity contribution in [3.05, 3.63) is 30.3 Å². The highest BCUT2D eigenvalue weighted by Gasteiger charge is 2.68. The molecule has 3 fully saturated rings. The molecule has 1 aliphatic heterocycles. The molecule has 2 bridgehead atoms. The number of hydrogen-bond acceptors (Lipinski definition) is 3. The largest absolute Gasteiger partial charge is 0.369 e. The first-order valence-electron chi connectivity index (χ1n) is 6.55. The van der Waals surface area contributed by atoms with Crippen molar-refractivity contribution in [2.75, 3.05) is 0 Å². The molecule has 0 spiro atoms. The molecule has 0 N–H and O–H groups in total. The van der Waals surface area contributed by atoms with Gasteiger partial charge in [-0.05, 0) is 30.4 Å². The number of ether oxygens (including phenoxy) is 1. The lowest BCUT2D eigenvalue weighted by Crippen LogP contribution is -2.37. The van der Waals surface area contributed by atoms with E-state index in [9.17, 15) is 8.42 Å². The Balaban J connectivity index is 1.76. The second-order valence-electron chi connectivity index (χ2n) is 5.81. The Morgan fingerprint density at radius 2 is 1.78 bits per heavy atom. The van der Waals surface area contributed by atoms with E-state index in [2.05, 4.69) is 6.92 Å². The lowest BCUT2D eigenvalue weighted by Gasteiger charge is -2.25. The first-order valence-corrected chi connectivity index (χ1v) is 8.10. The van der Waals surface area contributed by atoms with Gasteiger partial charge in [0.1, 0.15) is 0 Å². The van der Waals surface area contributed by atoms with Crippen LogP contribution in [0.25, 0.3) is 0 Å². The normalized spacial score (nSPS) is 44.9. The molecule has 0 unspecified atom stereocenters. The molecule has 1 saturated heterocycles. The highest BCUT2D eigenvalue weighted by Crippen LogP contribution is 2.61. The molecule has 18 heavy (non-hydrogen) atoms. The van der Waals surface area contributed by atoms with E-state index in [0.29, 0.717) is 16.9 Å². The summed E-state index contributed by atoms with van der Waals surface area (Å²) in [6.07, 6.45) is 1.63. The summed E-state index contributed by atoms with van der Waals surface area (Å²) in [5.41, 5.74) is 0. The second kappa shape index (κ2) is 3.36. The molecule has 0 aromatic heterocycles. The molecule has 2 saturated carbocycles. The van der Waals surface area contributed by atoms with E-state index in [1.807, 2.05) is 6.07 Å². The maximum absolute atomic E-state index is 12.7. The van der Waals surface area contributed by atoms with Gasteiger partial charge in [0.15, 0.2) is 9.84 Å².